The number of ether oxygens (including phenoxy) is 1. The van der Waals surface area contributed by atoms with E-state index in [1.165, 1.54) is 29.4 Å². The number of imidazole rings is 1. The molecule has 1 saturated heterocycles. The van der Waals surface area contributed by atoms with Gasteiger partial charge in [0.15, 0.2) is 11.9 Å². The fourth-order valence-electron chi connectivity index (χ4n) is 3.25. The van der Waals surface area contributed by atoms with Crippen molar-refractivity contribution in [3.63, 3.8) is 0 Å². The SMILES string of the molecule is O=[N+]([O-])c1ccc(Cc2ncnc3c2ncn3[C@@H]2O[C@@H](CO)[C@@H](O)[C@H]2O)cc1. The molecule has 0 unspecified atom stereocenters. The first-order valence-corrected chi connectivity index (χ1v) is 8.51. The van der Waals surface area contributed by atoms with Crippen molar-refractivity contribution in [2.45, 2.75) is 31.0 Å². The molecule has 0 aliphatic carbocycles. The fraction of sp³-hybridized carbons (Fsp3) is 0.353. The van der Waals surface area contributed by atoms with Crippen LogP contribution in [0.2, 0.25) is 0 Å². The molecule has 4 rings (SSSR count). The molecule has 3 aromatic rings. The third kappa shape index (κ3) is 3.10. The molecule has 0 bridgehead atoms. The molecule has 11 heteroatoms. The van der Waals surface area contributed by atoms with Gasteiger partial charge in [-0.1, -0.05) is 12.1 Å². The van der Waals surface area contributed by atoms with E-state index in [2.05, 4.69) is 15.0 Å². The van der Waals surface area contributed by atoms with Crippen LogP contribution in [0.15, 0.2) is 36.9 Å². The first-order chi connectivity index (χ1) is 13.5. The number of benzene rings is 1. The molecule has 1 fully saturated rings. The molecule has 3 heterocycles. The number of hydrogen-bond donors (Lipinski definition) is 3. The summed E-state index contributed by atoms with van der Waals surface area (Å²) in [5.74, 6) is 0. The van der Waals surface area contributed by atoms with Crippen LogP contribution in [0, 0.1) is 10.1 Å². The molecule has 1 aromatic carbocycles. The molecule has 2 aromatic heterocycles. The molecule has 4 atom stereocenters. The third-order valence-corrected chi connectivity index (χ3v) is 4.74. The minimum absolute atomic E-state index is 0.00484. The van der Waals surface area contributed by atoms with Gasteiger partial charge in [0.25, 0.3) is 5.69 Å². The Labute approximate surface area is 158 Å². The van der Waals surface area contributed by atoms with Gasteiger partial charge in [-0.05, 0) is 5.56 Å². The van der Waals surface area contributed by atoms with Crippen molar-refractivity contribution >= 4 is 16.9 Å². The number of aromatic nitrogens is 4. The van der Waals surface area contributed by atoms with Gasteiger partial charge in [-0.3, -0.25) is 14.7 Å². The molecule has 146 valence electrons. The van der Waals surface area contributed by atoms with Crippen LogP contribution in [0.1, 0.15) is 17.5 Å². The maximum Gasteiger partial charge on any atom is 0.269 e. The van der Waals surface area contributed by atoms with E-state index < -0.39 is 36.1 Å². The number of rotatable bonds is 5. The van der Waals surface area contributed by atoms with Gasteiger partial charge in [0.1, 0.15) is 30.2 Å². The number of nitro groups is 1. The molecule has 0 amide bonds. The molecule has 1 aliphatic rings. The molecule has 0 radical (unpaired) electrons. The van der Waals surface area contributed by atoms with Crippen molar-refractivity contribution in [2.24, 2.45) is 0 Å². The van der Waals surface area contributed by atoms with Crippen LogP contribution in [0.25, 0.3) is 11.2 Å². The number of non-ortho nitro benzene ring substituents is 1. The van der Waals surface area contributed by atoms with E-state index in [9.17, 15) is 25.4 Å². The summed E-state index contributed by atoms with van der Waals surface area (Å²) in [6.45, 7) is -0.429. The highest BCUT2D eigenvalue weighted by Crippen LogP contribution is 2.31. The number of fused-ring (bicyclic) bond motifs is 1. The van der Waals surface area contributed by atoms with Gasteiger partial charge in [-0.2, -0.15) is 0 Å². The van der Waals surface area contributed by atoms with Crippen LogP contribution >= 0.6 is 0 Å². The predicted molar refractivity (Wildman–Crippen MR) is 94.2 cm³/mol. The van der Waals surface area contributed by atoms with Gasteiger partial charge >= 0.3 is 0 Å². The highest BCUT2D eigenvalue weighted by atomic mass is 16.6. The number of nitrogens with zero attached hydrogens (tertiary/aromatic N) is 5. The number of nitro benzene ring substituents is 1. The van der Waals surface area contributed by atoms with Gasteiger partial charge in [0, 0.05) is 18.6 Å². The average Bonchev–Trinajstić information content (AvgIpc) is 3.24. The zero-order chi connectivity index (χ0) is 19.8. The van der Waals surface area contributed by atoms with Crippen LogP contribution in [0.5, 0.6) is 0 Å². The van der Waals surface area contributed by atoms with Gasteiger partial charge in [-0.25, -0.2) is 15.0 Å². The molecule has 0 spiro atoms. The van der Waals surface area contributed by atoms with E-state index in [0.29, 0.717) is 23.3 Å². The summed E-state index contributed by atoms with van der Waals surface area (Å²) in [6, 6.07) is 6.14. The maximum atomic E-state index is 10.8. The van der Waals surface area contributed by atoms with Crippen LogP contribution in [-0.4, -0.2) is 64.7 Å². The van der Waals surface area contributed by atoms with E-state index in [1.807, 2.05) is 0 Å². The Kier molecular flexibility index (Phi) is 4.73. The van der Waals surface area contributed by atoms with Crippen molar-refractivity contribution in [3.8, 4) is 0 Å². The number of aliphatic hydroxyl groups excluding tert-OH is 3. The second-order valence-corrected chi connectivity index (χ2v) is 6.47. The fourth-order valence-corrected chi connectivity index (χ4v) is 3.25. The first-order valence-electron chi connectivity index (χ1n) is 8.51. The Morgan fingerprint density at radius 1 is 1.14 bits per heavy atom. The molecule has 3 N–H and O–H groups in total. The molecule has 28 heavy (non-hydrogen) atoms. The van der Waals surface area contributed by atoms with Crippen molar-refractivity contribution in [2.75, 3.05) is 6.61 Å². The van der Waals surface area contributed by atoms with E-state index >= 15 is 0 Å². The molecule has 0 saturated carbocycles. The van der Waals surface area contributed by atoms with Gasteiger partial charge in [-0.15, -0.1) is 0 Å². The summed E-state index contributed by atoms with van der Waals surface area (Å²) in [5, 5.41) is 40.2. The Morgan fingerprint density at radius 2 is 1.89 bits per heavy atom. The maximum absolute atomic E-state index is 10.8. The smallest absolute Gasteiger partial charge is 0.269 e. The summed E-state index contributed by atoms with van der Waals surface area (Å²) in [5.41, 5.74) is 2.31. The van der Waals surface area contributed by atoms with E-state index in [1.54, 1.807) is 12.1 Å². The van der Waals surface area contributed by atoms with Crippen molar-refractivity contribution in [1.82, 2.24) is 19.5 Å². The van der Waals surface area contributed by atoms with Crippen molar-refractivity contribution in [3.05, 3.63) is 58.3 Å². The Hall–Kier alpha value is -2.99. The highest BCUT2D eigenvalue weighted by molar-refractivity contribution is 5.73. The van der Waals surface area contributed by atoms with E-state index in [-0.39, 0.29) is 5.69 Å². The van der Waals surface area contributed by atoms with Crippen LogP contribution in [-0.2, 0) is 11.2 Å². The summed E-state index contributed by atoms with van der Waals surface area (Å²) >= 11 is 0. The first kappa shape index (κ1) is 18.4. The minimum Gasteiger partial charge on any atom is -0.394 e. The van der Waals surface area contributed by atoms with Gasteiger partial charge < -0.3 is 20.1 Å². The molecular formula is C17H17N5O6. The molecule has 11 nitrogen and oxygen atoms in total. The van der Waals surface area contributed by atoms with E-state index in [4.69, 9.17) is 4.74 Å². The summed E-state index contributed by atoms with van der Waals surface area (Å²) < 4.78 is 7.02. The van der Waals surface area contributed by atoms with E-state index in [0.717, 1.165) is 5.56 Å². The lowest BCUT2D eigenvalue weighted by Gasteiger charge is -2.16. The Bertz CT molecular complexity index is 1010. The minimum atomic E-state index is -1.25. The number of aliphatic hydroxyl groups is 3. The largest absolute Gasteiger partial charge is 0.394 e. The normalized spacial score (nSPS) is 24.7. The van der Waals surface area contributed by atoms with Crippen LogP contribution < -0.4 is 0 Å². The number of hydrogen-bond acceptors (Lipinski definition) is 9. The topological polar surface area (TPSA) is 157 Å². The summed E-state index contributed by atoms with van der Waals surface area (Å²) in [7, 11) is 0. The van der Waals surface area contributed by atoms with Crippen LogP contribution in [0.4, 0.5) is 5.69 Å². The zero-order valence-electron chi connectivity index (χ0n) is 14.5. The lowest BCUT2D eigenvalue weighted by molar-refractivity contribution is -0.384. The molecular weight excluding hydrogens is 370 g/mol. The molecule has 1 aliphatic heterocycles. The highest BCUT2D eigenvalue weighted by Gasteiger charge is 2.44. The zero-order valence-corrected chi connectivity index (χ0v) is 14.5. The second-order valence-electron chi connectivity index (χ2n) is 6.47. The summed E-state index contributed by atoms with van der Waals surface area (Å²) in [6.07, 6.45) is -1.17. The lowest BCUT2D eigenvalue weighted by Crippen LogP contribution is -2.33. The van der Waals surface area contributed by atoms with Crippen molar-refractivity contribution < 1.29 is 25.0 Å². The Balaban J connectivity index is 1.65. The van der Waals surface area contributed by atoms with Crippen molar-refractivity contribution in [1.29, 1.82) is 0 Å². The average molecular weight is 387 g/mol. The Morgan fingerprint density at radius 3 is 2.54 bits per heavy atom. The predicted octanol–water partition coefficient (Wildman–Crippen LogP) is -0.0632. The second kappa shape index (κ2) is 7.20. The monoisotopic (exact) mass is 387 g/mol. The van der Waals surface area contributed by atoms with Crippen LogP contribution in [0.3, 0.4) is 0 Å². The quantitative estimate of drug-likeness (QED) is 0.403. The van der Waals surface area contributed by atoms with Gasteiger partial charge in [0.2, 0.25) is 0 Å². The standard InChI is InChI=1S/C17H17N5O6/c23-6-12-14(24)15(25)17(28-12)21-8-20-13-11(18-7-19-16(13)21)5-9-1-3-10(4-2-9)22(26)27/h1-4,7-8,12,14-15,17,23-25H,5-6H2/t12-,14+,15+,17+/m0/s1. The summed E-state index contributed by atoms with van der Waals surface area (Å²) in [4.78, 5) is 23.1. The third-order valence-electron chi connectivity index (χ3n) is 4.74. The lowest BCUT2D eigenvalue weighted by atomic mass is 10.1. The van der Waals surface area contributed by atoms with Gasteiger partial charge in [0.05, 0.1) is 23.6 Å².